The first kappa shape index (κ1) is 30.0. The quantitative estimate of drug-likeness (QED) is 0.229. The first-order valence-electron chi connectivity index (χ1n) is 13.2. The van der Waals surface area contributed by atoms with Crippen LogP contribution in [0.3, 0.4) is 0 Å². The fourth-order valence-electron chi connectivity index (χ4n) is 4.81. The summed E-state index contributed by atoms with van der Waals surface area (Å²) in [6.07, 6.45) is -5.00. The average molecular weight is 576 g/mol. The standard InChI is InChI=1S/C29H33F4N5O3/c1-37-13-10-24(22(30)17-37)36-23-6-3-7-26-21(23)16-20(38(26)18-29(31,32)33)5-4-11-34-25-9-8-19(15-27(25)41-2)28(40)35-12-14-39/h3,6-9,15-16,22,24,34,36,39H,10-14,17-18H2,1-2H3,(H,35,40)/t22-,24+/m0/s1. The molecule has 41 heavy (non-hydrogen) atoms. The van der Waals surface area contributed by atoms with E-state index in [1.54, 1.807) is 36.4 Å². The Morgan fingerprint density at radius 2 is 2.00 bits per heavy atom. The average Bonchev–Trinajstić information content (AvgIpc) is 3.27. The number of nitrogens with one attached hydrogen (secondary N) is 3. The topological polar surface area (TPSA) is 90.8 Å². The van der Waals surface area contributed by atoms with Crippen molar-refractivity contribution in [2.75, 3.05) is 57.6 Å². The summed E-state index contributed by atoms with van der Waals surface area (Å²) in [5.74, 6) is 5.73. The third-order valence-electron chi connectivity index (χ3n) is 6.81. The van der Waals surface area contributed by atoms with Gasteiger partial charge in [0.25, 0.3) is 5.91 Å². The molecule has 1 aliphatic rings. The van der Waals surface area contributed by atoms with Crippen molar-refractivity contribution >= 4 is 28.2 Å². The van der Waals surface area contributed by atoms with E-state index in [0.717, 1.165) is 11.1 Å². The van der Waals surface area contributed by atoms with Gasteiger partial charge in [0.1, 0.15) is 18.5 Å². The maximum atomic E-state index is 14.7. The molecule has 0 aliphatic carbocycles. The number of carbonyl (C=O) groups excluding carboxylic acids is 1. The highest BCUT2D eigenvalue weighted by molar-refractivity contribution is 5.95. The lowest BCUT2D eigenvalue weighted by atomic mass is 10.0. The summed E-state index contributed by atoms with van der Waals surface area (Å²) in [4.78, 5) is 14.0. The van der Waals surface area contributed by atoms with Crippen LogP contribution in [-0.4, -0.2) is 85.8 Å². The second kappa shape index (κ2) is 13.1. The van der Waals surface area contributed by atoms with E-state index in [1.165, 1.54) is 13.2 Å². The fourth-order valence-corrected chi connectivity index (χ4v) is 4.81. The highest BCUT2D eigenvalue weighted by Crippen LogP contribution is 2.32. The molecule has 0 saturated carbocycles. The molecule has 4 N–H and O–H groups in total. The molecule has 2 heterocycles. The van der Waals surface area contributed by atoms with Crippen LogP contribution in [0.5, 0.6) is 5.75 Å². The summed E-state index contributed by atoms with van der Waals surface area (Å²) in [6.45, 7) is -0.186. The lowest BCUT2D eigenvalue weighted by Crippen LogP contribution is -2.46. The molecule has 12 heteroatoms. The number of likely N-dealkylation sites (tertiary alicyclic amines) is 1. The number of hydrogen-bond donors (Lipinski definition) is 4. The number of nitrogens with zero attached hydrogens (tertiary/aromatic N) is 2. The Morgan fingerprint density at radius 1 is 1.20 bits per heavy atom. The summed E-state index contributed by atoms with van der Waals surface area (Å²) in [6, 6.07) is 10.9. The maximum Gasteiger partial charge on any atom is 0.406 e. The van der Waals surface area contributed by atoms with Gasteiger partial charge in [-0.05, 0) is 55.8 Å². The molecular formula is C29H33F4N5O3. The van der Waals surface area contributed by atoms with Crippen LogP contribution in [0.25, 0.3) is 10.9 Å². The molecule has 8 nitrogen and oxygen atoms in total. The second-order valence-electron chi connectivity index (χ2n) is 9.84. The molecule has 1 aromatic heterocycles. The van der Waals surface area contributed by atoms with Gasteiger partial charge in [-0.3, -0.25) is 4.79 Å². The number of rotatable bonds is 9. The van der Waals surface area contributed by atoms with Crippen molar-refractivity contribution in [2.45, 2.75) is 31.4 Å². The van der Waals surface area contributed by atoms with E-state index in [0.29, 0.717) is 40.0 Å². The number of carbonyl (C=O) groups is 1. The van der Waals surface area contributed by atoms with Gasteiger partial charge in [0.2, 0.25) is 0 Å². The molecule has 2 atom stereocenters. The van der Waals surface area contributed by atoms with Crippen LogP contribution in [0, 0.1) is 11.8 Å². The number of hydrogen-bond acceptors (Lipinski definition) is 6. The number of piperidine rings is 1. The third-order valence-corrected chi connectivity index (χ3v) is 6.81. The van der Waals surface area contributed by atoms with E-state index in [1.807, 2.05) is 11.9 Å². The molecule has 3 aromatic rings. The molecule has 2 aromatic carbocycles. The molecule has 0 unspecified atom stereocenters. The molecule has 0 spiro atoms. The zero-order valence-electron chi connectivity index (χ0n) is 22.8. The molecule has 4 rings (SSSR count). The van der Waals surface area contributed by atoms with Crippen molar-refractivity contribution in [3.05, 3.63) is 53.7 Å². The molecule has 1 aliphatic heterocycles. The van der Waals surface area contributed by atoms with Crippen LogP contribution in [0.4, 0.5) is 28.9 Å². The smallest absolute Gasteiger partial charge is 0.406 e. The number of benzene rings is 2. The number of aliphatic hydroxyl groups is 1. The molecule has 1 fully saturated rings. The largest absolute Gasteiger partial charge is 0.495 e. The molecular weight excluding hydrogens is 542 g/mol. The molecule has 0 bridgehead atoms. The van der Waals surface area contributed by atoms with Crippen molar-refractivity contribution in [1.29, 1.82) is 0 Å². The summed E-state index contributed by atoms with van der Waals surface area (Å²) in [5, 5.41) is 18.3. The lowest BCUT2D eigenvalue weighted by molar-refractivity contribution is -0.140. The van der Waals surface area contributed by atoms with Gasteiger partial charge >= 0.3 is 6.18 Å². The SMILES string of the molecule is COc1cc(C(=O)NCCO)ccc1NCC#Cc1cc2c(N[C@@H]3CCN(C)C[C@@H]3F)cccc2n1CC(F)(F)F. The summed E-state index contributed by atoms with van der Waals surface area (Å²) in [5.41, 5.74) is 1.98. The van der Waals surface area contributed by atoms with Gasteiger partial charge in [-0.25, -0.2) is 4.39 Å². The van der Waals surface area contributed by atoms with Crippen molar-refractivity contribution in [3.8, 4) is 17.6 Å². The van der Waals surface area contributed by atoms with E-state index in [9.17, 15) is 22.4 Å². The van der Waals surface area contributed by atoms with Crippen LogP contribution in [-0.2, 0) is 6.54 Å². The van der Waals surface area contributed by atoms with Crippen molar-refractivity contribution in [3.63, 3.8) is 0 Å². The van der Waals surface area contributed by atoms with E-state index < -0.39 is 24.9 Å². The van der Waals surface area contributed by atoms with E-state index in [2.05, 4.69) is 27.8 Å². The van der Waals surface area contributed by atoms with Gasteiger partial charge in [-0.2, -0.15) is 13.2 Å². The zero-order chi connectivity index (χ0) is 29.6. The predicted molar refractivity (Wildman–Crippen MR) is 150 cm³/mol. The fraction of sp³-hybridized carbons (Fsp3) is 0.414. The molecule has 1 amide bonds. The van der Waals surface area contributed by atoms with Crippen LogP contribution in [0.2, 0.25) is 0 Å². The number of ether oxygens (including phenoxy) is 1. The number of fused-ring (bicyclic) bond motifs is 1. The summed E-state index contributed by atoms with van der Waals surface area (Å²) >= 11 is 0. The summed E-state index contributed by atoms with van der Waals surface area (Å²) < 4.78 is 61.7. The normalized spacial score (nSPS) is 17.5. The minimum Gasteiger partial charge on any atom is -0.495 e. The van der Waals surface area contributed by atoms with Gasteiger partial charge in [0.15, 0.2) is 0 Å². The number of halogens is 4. The highest BCUT2D eigenvalue weighted by atomic mass is 19.4. The van der Waals surface area contributed by atoms with Gasteiger partial charge in [-0.1, -0.05) is 12.0 Å². The maximum absolute atomic E-state index is 14.7. The van der Waals surface area contributed by atoms with E-state index in [4.69, 9.17) is 9.84 Å². The second-order valence-corrected chi connectivity index (χ2v) is 9.84. The number of aliphatic hydroxyl groups excluding tert-OH is 1. The van der Waals surface area contributed by atoms with Crippen LogP contribution in [0.15, 0.2) is 42.5 Å². The molecule has 1 saturated heterocycles. The van der Waals surface area contributed by atoms with E-state index >= 15 is 0 Å². The van der Waals surface area contributed by atoms with Crippen LogP contribution >= 0.6 is 0 Å². The predicted octanol–water partition coefficient (Wildman–Crippen LogP) is 3.85. The number of aromatic nitrogens is 1. The summed E-state index contributed by atoms with van der Waals surface area (Å²) in [7, 11) is 3.30. The van der Waals surface area contributed by atoms with E-state index in [-0.39, 0.29) is 37.8 Å². The third kappa shape index (κ3) is 7.62. The monoisotopic (exact) mass is 575 g/mol. The number of anilines is 2. The Morgan fingerprint density at radius 3 is 2.71 bits per heavy atom. The van der Waals surface area contributed by atoms with Gasteiger partial charge < -0.3 is 35.3 Å². The van der Waals surface area contributed by atoms with Gasteiger partial charge in [0, 0.05) is 36.3 Å². The molecule has 0 radical (unpaired) electrons. The first-order valence-corrected chi connectivity index (χ1v) is 13.2. The Hall–Kier alpha value is -3.95. The highest BCUT2D eigenvalue weighted by Gasteiger charge is 2.31. The Labute approximate surface area is 235 Å². The Bertz CT molecular complexity index is 1430. The minimum absolute atomic E-state index is 0.0875. The van der Waals surface area contributed by atoms with Crippen molar-refractivity contribution in [1.82, 2.24) is 14.8 Å². The Kier molecular flexibility index (Phi) is 9.62. The number of amides is 1. The Balaban J connectivity index is 1.56. The van der Waals surface area contributed by atoms with Crippen molar-refractivity contribution < 1.29 is 32.2 Å². The van der Waals surface area contributed by atoms with Crippen LogP contribution in [0.1, 0.15) is 22.5 Å². The van der Waals surface area contributed by atoms with Gasteiger partial charge in [-0.15, -0.1) is 0 Å². The number of alkyl halides is 4. The lowest BCUT2D eigenvalue weighted by Gasteiger charge is -2.33. The van der Waals surface area contributed by atoms with Crippen LogP contribution < -0.4 is 20.7 Å². The van der Waals surface area contributed by atoms with Crippen molar-refractivity contribution in [2.24, 2.45) is 0 Å². The number of methoxy groups -OCH3 is 1. The minimum atomic E-state index is -4.47. The van der Waals surface area contributed by atoms with Gasteiger partial charge in [0.05, 0.1) is 43.2 Å². The molecule has 220 valence electrons. The zero-order valence-corrected chi connectivity index (χ0v) is 22.8. The first-order chi connectivity index (χ1) is 19.6.